The molecule has 0 spiro atoms. The molecule has 1 unspecified atom stereocenters. The molecule has 1 aromatic heterocycles. The van der Waals surface area contributed by atoms with E-state index in [1.165, 1.54) is 31.4 Å². The molecule has 0 saturated carbocycles. The summed E-state index contributed by atoms with van der Waals surface area (Å²) in [4.78, 5) is 91.7. The summed E-state index contributed by atoms with van der Waals surface area (Å²) in [6, 6.07) is 2.65. The van der Waals surface area contributed by atoms with Crippen molar-refractivity contribution in [3.63, 3.8) is 0 Å². The van der Waals surface area contributed by atoms with Gasteiger partial charge in [0.15, 0.2) is 0 Å². The number of nitrogens with one attached hydrogen (secondary N) is 6. The lowest BCUT2D eigenvalue weighted by atomic mass is 9.95. The molecule has 0 bridgehead atoms. The largest absolute Gasteiger partial charge is 0.465 e. The predicted octanol–water partition coefficient (Wildman–Crippen LogP) is 4.81. The van der Waals surface area contributed by atoms with Gasteiger partial charge in [-0.1, -0.05) is 60.6 Å². The van der Waals surface area contributed by atoms with Crippen LogP contribution in [0.2, 0.25) is 0 Å². The number of benzene rings is 1. The number of amides is 6. The van der Waals surface area contributed by atoms with Gasteiger partial charge in [0, 0.05) is 13.1 Å². The summed E-state index contributed by atoms with van der Waals surface area (Å²) >= 11 is 0.924. The van der Waals surface area contributed by atoms with Crippen LogP contribution in [0.4, 0.5) is 14.2 Å². The van der Waals surface area contributed by atoms with Gasteiger partial charge >= 0.3 is 12.1 Å². The molecule has 1 heterocycles. The van der Waals surface area contributed by atoms with Crippen molar-refractivity contribution in [1.82, 2.24) is 26.6 Å². The molecule has 60 heavy (non-hydrogen) atoms. The second-order valence-corrected chi connectivity index (χ2v) is 17.3. The summed E-state index contributed by atoms with van der Waals surface area (Å²) in [6.07, 6.45) is -0.362. The van der Waals surface area contributed by atoms with Gasteiger partial charge in [-0.2, -0.15) is 0 Å². The van der Waals surface area contributed by atoms with Crippen molar-refractivity contribution in [3.8, 4) is 0 Å². The number of methoxy groups -OCH3 is 1. The monoisotopic (exact) mass is 862 g/mol. The molecule has 18 heteroatoms. The minimum atomic E-state index is -1.01. The number of anilines is 1. The van der Waals surface area contributed by atoms with Crippen molar-refractivity contribution in [2.24, 2.45) is 17.8 Å². The molecule has 0 aliphatic rings. The molecule has 16 nitrogen and oxygen atoms in total. The summed E-state index contributed by atoms with van der Waals surface area (Å²) in [5.74, 6) is -5.33. The van der Waals surface area contributed by atoms with Gasteiger partial charge in [0.25, 0.3) is 5.91 Å². The highest BCUT2D eigenvalue weighted by Gasteiger charge is 2.34. The molecule has 2 rings (SSSR count). The van der Waals surface area contributed by atoms with Gasteiger partial charge in [0.2, 0.25) is 23.6 Å². The second kappa shape index (κ2) is 23.6. The average Bonchev–Trinajstić information content (AvgIpc) is 3.48. The maximum atomic E-state index is 13.5. The number of esters is 1. The summed E-state index contributed by atoms with van der Waals surface area (Å²) in [5.41, 5.74) is 0.196. The third-order valence-electron chi connectivity index (χ3n) is 9.17. The number of alkyl carbamates (subject to hydrolysis) is 1. The van der Waals surface area contributed by atoms with Crippen LogP contribution in [0, 0.1) is 30.5 Å². The van der Waals surface area contributed by atoms with E-state index in [-0.39, 0.29) is 59.5 Å². The molecule has 2 aromatic rings. The third kappa shape index (κ3) is 15.5. The van der Waals surface area contributed by atoms with E-state index >= 15 is 0 Å². The molecular weight excluding hydrogens is 800 g/mol. The van der Waals surface area contributed by atoms with E-state index in [2.05, 4.69) is 31.9 Å². The van der Waals surface area contributed by atoms with E-state index in [9.17, 15) is 38.0 Å². The van der Waals surface area contributed by atoms with Gasteiger partial charge in [0.1, 0.15) is 34.5 Å². The van der Waals surface area contributed by atoms with Crippen LogP contribution < -0.4 is 31.9 Å². The highest BCUT2D eigenvalue weighted by atomic mass is 32.1. The number of carbonyl (C=O) groups is 7. The molecule has 0 aliphatic heterocycles. The van der Waals surface area contributed by atoms with Gasteiger partial charge in [-0.3, -0.25) is 24.0 Å². The SMILES string of the molecule is CCC(C(=O)Nc1sc(C(=O)NCCOCCNC(=O)[C@@H](NC(=O)[C@@H](NC(=O)[C@@H](NC(=O)OC(C)(C)C)C(C)C)C(C)C)C(C)C)c(C)c1C(=O)OC)c1ccc(F)cc1. The number of halogens is 1. The van der Waals surface area contributed by atoms with E-state index in [1.807, 2.05) is 0 Å². The minimum absolute atomic E-state index is 0.0506. The Labute approximate surface area is 356 Å². The zero-order valence-electron chi connectivity index (χ0n) is 36.8. The molecular formula is C42H63FN6O10S. The number of carbonyl (C=O) groups excluding carboxylic acids is 7. The van der Waals surface area contributed by atoms with E-state index < -0.39 is 77.1 Å². The number of hydrogen-bond acceptors (Lipinski definition) is 11. The van der Waals surface area contributed by atoms with Crippen molar-refractivity contribution in [2.45, 2.75) is 112 Å². The first-order valence-electron chi connectivity index (χ1n) is 20.0. The fourth-order valence-electron chi connectivity index (χ4n) is 5.93. The predicted molar refractivity (Wildman–Crippen MR) is 226 cm³/mol. The van der Waals surface area contributed by atoms with Crippen LogP contribution >= 0.6 is 11.3 Å². The van der Waals surface area contributed by atoms with Crippen LogP contribution in [0.5, 0.6) is 0 Å². The zero-order chi connectivity index (χ0) is 45.5. The van der Waals surface area contributed by atoms with Crippen molar-refractivity contribution >= 4 is 57.9 Å². The lowest BCUT2D eigenvalue weighted by Gasteiger charge is -2.29. The Morgan fingerprint density at radius 1 is 0.733 bits per heavy atom. The van der Waals surface area contributed by atoms with E-state index in [0.717, 1.165) is 11.3 Å². The topological polar surface area (TPSA) is 219 Å². The van der Waals surface area contributed by atoms with Crippen molar-refractivity contribution in [1.29, 1.82) is 0 Å². The molecule has 1 aromatic carbocycles. The standard InChI is InChI=1S/C42H63FN6O10S/c1-13-28(26-14-16-27(43)17-15-26)34(50)49-39-29(40(55)57-12)25(8)33(60-39)38(54)45-19-21-58-20-18-44-35(51)30(22(2)3)46-36(52)31(23(4)5)47-37(53)32(24(6)7)48-41(56)59-42(9,10)11/h14-17,22-24,28,30-32H,13,18-21H2,1-12H3,(H,44,51)(H,45,54)(H,46,52)(H,47,53)(H,48,56)(H,49,50)/t28?,30-,31-,32-/m0/s1. The average molecular weight is 863 g/mol. The van der Waals surface area contributed by atoms with Crippen LogP contribution in [-0.4, -0.2) is 98.7 Å². The van der Waals surface area contributed by atoms with Crippen LogP contribution in [-0.2, 0) is 33.4 Å². The van der Waals surface area contributed by atoms with Crippen LogP contribution in [0.25, 0.3) is 0 Å². The van der Waals surface area contributed by atoms with Crippen LogP contribution in [0.3, 0.4) is 0 Å². The normalized spacial score (nSPS) is 13.5. The van der Waals surface area contributed by atoms with Gasteiger partial charge in [-0.05, 0) is 75.1 Å². The van der Waals surface area contributed by atoms with Crippen LogP contribution in [0.15, 0.2) is 24.3 Å². The quantitative estimate of drug-likeness (QED) is 0.0744. The Morgan fingerprint density at radius 3 is 1.72 bits per heavy atom. The molecule has 6 amide bonds. The molecule has 0 saturated heterocycles. The van der Waals surface area contributed by atoms with E-state index in [0.29, 0.717) is 17.5 Å². The van der Waals surface area contributed by atoms with Gasteiger partial charge < -0.3 is 46.1 Å². The maximum absolute atomic E-state index is 13.5. The number of thiophene rings is 1. The van der Waals surface area contributed by atoms with Crippen molar-refractivity contribution in [2.75, 3.05) is 38.7 Å². The molecule has 0 fully saturated rings. The number of hydrogen-bond donors (Lipinski definition) is 6. The number of ether oxygens (including phenoxy) is 3. The summed E-state index contributed by atoms with van der Waals surface area (Å²) < 4.78 is 29.3. The van der Waals surface area contributed by atoms with Gasteiger partial charge in [-0.15, -0.1) is 11.3 Å². The minimum Gasteiger partial charge on any atom is -0.465 e. The molecule has 0 aliphatic carbocycles. The first kappa shape index (κ1) is 51.0. The lowest BCUT2D eigenvalue weighted by molar-refractivity contribution is -0.134. The fraction of sp³-hybridized carbons (Fsp3) is 0.595. The Morgan fingerprint density at radius 2 is 1.23 bits per heavy atom. The molecule has 0 radical (unpaired) electrons. The summed E-state index contributed by atoms with van der Waals surface area (Å²) in [7, 11) is 1.19. The van der Waals surface area contributed by atoms with Crippen LogP contribution in [0.1, 0.15) is 113 Å². The highest BCUT2D eigenvalue weighted by molar-refractivity contribution is 7.18. The lowest BCUT2D eigenvalue weighted by Crippen LogP contribution is -2.60. The van der Waals surface area contributed by atoms with Gasteiger partial charge in [-0.25, -0.2) is 14.0 Å². The summed E-state index contributed by atoms with van der Waals surface area (Å²) in [5, 5.41) is 16.4. The Hall–Kier alpha value is -5.10. The van der Waals surface area contributed by atoms with E-state index in [1.54, 1.807) is 76.2 Å². The first-order chi connectivity index (χ1) is 28.0. The zero-order valence-corrected chi connectivity index (χ0v) is 37.6. The molecule has 4 atom stereocenters. The Kier molecular flexibility index (Phi) is 20.1. The van der Waals surface area contributed by atoms with Crippen molar-refractivity contribution in [3.05, 3.63) is 51.7 Å². The Bertz CT molecular complexity index is 1810. The third-order valence-corrected chi connectivity index (χ3v) is 10.4. The summed E-state index contributed by atoms with van der Waals surface area (Å²) in [6.45, 7) is 19.4. The fourth-order valence-corrected chi connectivity index (χ4v) is 7.05. The first-order valence-corrected chi connectivity index (χ1v) is 20.9. The van der Waals surface area contributed by atoms with Crippen molar-refractivity contribution < 1.29 is 52.2 Å². The maximum Gasteiger partial charge on any atom is 0.408 e. The number of rotatable bonds is 21. The van der Waals surface area contributed by atoms with Gasteiger partial charge in [0.05, 0.1) is 36.7 Å². The smallest absolute Gasteiger partial charge is 0.408 e. The molecule has 334 valence electrons. The molecule has 6 N–H and O–H groups in total. The Balaban J connectivity index is 1.95. The highest BCUT2D eigenvalue weighted by Crippen LogP contribution is 2.35. The van der Waals surface area contributed by atoms with E-state index in [4.69, 9.17) is 14.2 Å². The second-order valence-electron chi connectivity index (χ2n) is 16.2.